The molecule has 2 saturated heterocycles. The van der Waals surface area contributed by atoms with Gasteiger partial charge >= 0.3 is 0 Å². The second kappa shape index (κ2) is 15.2. The summed E-state index contributed by atoms with van der Waals surface area (Å²) in [5.74, 6) is 0.447. The molecule has 13 heteroatoms. The first-order valence-corrected chi connectivity index (χ1v) is 18.8. The van der Waals surface area contributed by atoms with Crippen molar-refractivity contribution in [1.82, 2.24) is 23.6 Å². The predicted octanol–water partition coefficient (Wildman–Crippen LogP) is 5.19. The Morgan fingerprint density at radius 1 is 0.878 bits per heavy atom. The molecule has 2 aliphatic heterocycles. The Hall–Kier alpha value is -4.04. The third-order valence-electron chi connectivity index (χ3n) is 9.94. The van der Waals surface area contributed by atoms with Crippen LogP contribution >= 0.6 is 0 Å². The van der Waals surface area contributed by atoms with Gasteiger partial charge in [0.05, 0.1) is 48.7 Å². The van der Waals surface area contributed by atoms with Crippen molar-refractivity contribution >= 4 is 27.7 Å². The van der Waals surface area contributed by atoms with E-state index in [4.69, 9.17) is 14.5 Å². The van der Waals surface area contributed by atoms with Gasteiger partial charge in [-0.15, -0.1) is 0 Å². The molecule has 0 atom stereocenters. The Labute approximate surface area is 288 Å². The maximum Gasteiger partial charge on any atom is 0.269 e. The largest absolute Gasteiger partial charge is 0.381 e. The Morgan fingerprint density at radius 2 is 1.59 bits per heavy atom. The fraction of sp³-hybridized carbons (Fsp3) is 0.472. The van der Waals surface area contributed by atoms with Crippen LogP contribution in [-0.2, 0) is 19.5 Å². The molecule has 2 N–H and O–H groups in total. The van der Waals surface area contributed by atoms with Gasteiger partial charge in [0.2, 0.25) is 0 Å². The summed E-state index contributed by atoms with van der Waals surface area (Å²) in [4.78, 5) is 12.1. The predicted molar refractivity (Wildman–Crippen MR) is 191 cm³/mol. The molecule has 1 aliphatic carbocycles. The molecular weight excluding hydrogens is 641 g/mol. The van der Waals surface area contributed by atoms with Gasteiger partial charge in [0.15, 0.2) is 0 Å². The van der Waals surface area contributed by atoms with Gasteiger partial charge in [0.1, 0.15) is 5.82 Å². The number of aryl methyl sites for hydroxylation is 1. The van der Waals surface area contributed by atoms with E-state index in [9.17, 15) is 8.42 Å². The number of morpholine rings is 1. The molecule has 3 aliphatic rings. The van der Waals surface area contributed by atoms with E-state index < -0.39 is 10.0 Å². The van der Waals surface area contributed by atoms with Crippen molar-refractivity contribution in [1.29, 1.82) is 0 Å². The van der Waals surface area contributed by atoms with E-state index >= 15 is 0 Å². The van der Waals surface area contributed by atoms with Crippen molar-refractivity contribution in [3.8, 4) is 11.1 Å². The highest BCUT2D eigenvalue weighted by atomic mass is 32.2. The van der Waals surface area contributed by atoms with Crippen LogP contribution in [0.1, 0.15) is 55.7 Å². The molecule has 260 valence electrons. The summed E-state index contributed by atoms with van der Waals surface area (Å²) in [6.07, 6.45) is 16.9. The summed E-state index contributed by atoms with van der Waals surface area (Å²) in [7, 11) is -3.96. The van der Waals surface area contributed by atoms with E-state index in [1.54, 1.807) is 36.9 Å². The van der Waals surface area contributed by atoms with Gasteiger partial charge in [-0.05, 0) is 75.3 Å². The summed E-state index contributed by atoms with van der Waals surface area (Å²) < 4.78 is 43.0. The van der Waals surface area contributed by atoms with Crippen molar-refractivity contribution in [2.24, 2.45) is 4.99 Å². The zero-order valence-electron chi connectivity index (χ0n) is 28.1. The minimum atomic E-state index is -3.96. The highest BCUT2D eigenvalue weighted by molar-refractivity contribution is 7.90. The summed E-state index contributed by atoms with van der Waals surface area (Å²) in [6, 6.07) is 11.8. The number of anilines is 2. The van der Waals surface area contributed by atoms with E-state index in [1.807, 2.05) is 48.3 Å². The first-order valence-electron chi connectivity index (χ1n) is 17.4. The number of aromatic nitrogens is 4. The highest BCUT2D eigenvalue weighted by Crippen LogP contribution is 2.34. The molecule has 0 bridgehead atoms. The van der Waals surface area contributed by atoms with E-state index in [-0.39, 0.29) is 17.6 Å². The third-order valence-corrected chi connectivity index (χ3v) is 11.6. The third kappa shape index (κ3) is 7.75. The fourth-order valence-corrected chi connectivity index (χ4v) is 8.43. The van der Waals surface area contributed by atoms with Gasteiger partial charge in [-0.3, -0.25) is 19.6 Å². The molecular formula is C36H46N8O4S. The van der Waals surface area contributed by atoms with Crippen LogP contribution in [0, 0.1) is 6.92 Å². The number of nitrogens with zero attached hydrogens (tertiary/aromatic N) is 6. The van der Waals surface area contributed by atoms with Gasteiger partial charge in [-0.2, -0.15) is 5.10 Å². The molecule has 0 unspecified atom stereocenters. The lowest BCUT2D eigenvalue weighted by atomic mass is 9.90. The van der Waals surface area contributed by atoms with E-state index in [1.165, 1.54) is 3.97 Å². The minimum absolute atomic E-state index is 0.168. The maximum atomic E-state index is 14.3. The second-order valence-corrected chi connectivity index (χ2v) is 14.9. The first-order chi connectivity index (χ1) is 24.0. The van der Waals surface area contributed by atoms with Gasteiger partial charge in [0, 0.05) is 74.5 Å². The smallest absolute Gasteiger partial charge is 0.269 e. The number of ether oxygens (including phenoxy) is 2. The van der Waals surface area contributed by atoms with Gasteiger partial charge in [0.25, 0.3) is 10.0 Å². The van der Waals surface area contributed by atoms with Crippen LogP contribution in [0.15, 0.2) is 77.3 Å². The number of benzene rings is 1. The topological polar surface area (TPSA) is 128 Å². The van der Waals surface area contributed by atoms with Gasteiger partial charge in [-0.25, -0.2) is 12.4 Å². The lowest BCUT2D eigenvalue weighted by Gasteiger charge is -2.38. The Morgan fingerprint density at radius 3 is 2.33 bits per heavy atom. The molecule has 1 aromatic carbocycles. The summed E-state index contributed by atoms with van der Waals surface area (Å²) in [5, 5.41) is 11.4. The van der Waals surface area contributed by atoms with Crippen molar-refractivity contribution in [3.63, 3.8) is 0 Å². The average Bonchev–Trinajstić information content (AvgIpc) is 3.78. The van der Waals surface area contributed by atoms with E-state index in [0.29, 0.717) is 17.9 Å². The fourth-order valence-electron chi connectivity index (χ4n) is 7.08. The maximum absolute atomic E-state index is 14.3. The van der Waals surface area contributed by atoms with Crippen LogP contribution in [-0.4, -0.2) is 96.5 Å². The van der Waals surface area contributed by atoms with Crippen LogP contribution in [0.25, 0.3) is 11.1 Å². The lowest BCUT2D eigenvalue weighted by Crippen LogP contribution is -2.45. The molecule has 4 aromatic rings. The van der Waals surface area contributed by atoms with Crippen molar-refractivity contribution in [2.75, 3.05) is 56.8 Å². The van der Waals surface area contributed by atoms with Crippen LogP contribution in [0.2, 0.25) is 0 Å². The van der Waals surface area contributed by atoms with Crippen molar-refractivity contribution in [3.05, 3.63) is 78.5 Å². The number of pyridine rings is 1. The summed E-state index contributed by atoms with van der Waals surface area (Å²) in [5.41, 5.74) is 4.18. The van der Waals surface area contributed by atoms with Crippen LogP contribution in [0.5, 0.6) is 0 Å². The number of aliphatic imine (C=N–C) groups is 1. The van der Waals surface area contributed by atoms with E-state index in [2.05, 4.69) is 25.6 Å². The Kier molecular flexibility index (Phi) is 10.4. The zero-order chi connectivity index (χ0) is 33.6. The molecule has 1 saturated carbocycles. The molecule has 0 spiro atoms. The number of hydrogen-bond donors (Lipinski definition) is 2. The molecule has 5 heterocycles. The summed E-state index contributed by atoms with van der Waals surface area (Å²) in [6.45, 7) is 7.30. The van der Waals surface area contributed by atoms with Gasteiger partial charge in [-0.1, -0.05) is 17.7 Å². The quantitative estimate of drug-likeness (QED) is 0.162. The Balaban J connectivity index is 1.18. The van der Waals surface area contributed by atoms with Crippen LogP contribution in [0.3, 0.4) is 0 Å². The molecule has 49 heavy (non-hydrogen) atoms. The molecule has 3 aromatic heterocycles. The minimum Gasteiger partial charge on any atom is -0.381 e. The monoisotopic (exact) mass is 686 g/mol. The summed E-state index contributed by atoms with van der Waals surface area (Å²) >= 11 is 0. The Bertz CT molecular complexity index is 1800. The normalized spacial score (nSPS) is 21.2. The zero-order valence-corrected chi connectivity index (χ0v) is 28.9. The average molecular weight is 687 g/mol. The SMILES string of the molecule is Cc1ccc(S(=O)(=O)n2cc(-c3ccncc3)c(C=NC3CCC(N4CCOCC4)CC3)c2NCNc2cnn(C3CCOCC3)c2)cc1. The molecule has 3 fully saturated rings. The standard InChI is InChI=1S/C36H46N8O4S/c1-27-2-8-33(9-3-27)49(45,46)44-25-35(28-10-14-37-15-11-28)34(23-38-29-4-6-31(7-5-29)42-16-20-48-21-17-42)36(44)40-26-39-30-22-41-43(24-30)32-12-18-47-19-13-32/h2-3,8-11,14-15,22-25,29,31-32,39-40H,4-7,12-13,16-21,26H2,1H3. The van der Waals surface area contributed by atoms with Crippen molar-refractivity contribution < 1.29 is 17.9 Å². The number of hydrogen-bond acceptors (Lipinski definition) is 10. The lowest BCUT2D eigenvalue weighted by molar-refractivity contribution is 0.00756. The van der Waals surface area contributed by atoms with Gasteiger partial charge < -0.3 is 20.1 Å². The first kappa shape index (κ1) is 33.5. The molecule has 0 amide bonds. The van der Waals surface area contributed by atoms with Crippen LogP contribution in [0.4, 0.5) is 11.5 Å². The van der Waals surface area contributed by atoms with E-state index in [0.717, 1.165) is 106 Å². The molecule has 7 rings (SSSR count). The second-order valence-electron chi connectivity index (χ2n) is 13.1. The molecule has 0 radical (unpaired) electrons. The van der Waals surface area contributed by atoms with Crippen molar-refractivity contribution in [2.45, 2.75) is 68.5 Å². The number of nitrogens with one attached hydrogen (secondary N) is 2. The van der Waals surface area contributed by atoms with Crippen LogP contribution < -0.4 is 10.6 Å². The highest BCUT2D eigenvalue weighted by Gasteiger charge is 2.28. The number of rotatable bonds is 11. The molecule has 12 nitrogen and oxygen atoms in total.